The highest BCUT2D eigenvalue weighted by Gasteiger charge is 2.30. The van der Waals surface area contributed by atoms with Crippen molar-refractivity contribution in [1.82, 2.24) is 4.98 Å². The Labute approximate surface area is 92.6 Å². The summed E-state index contributed by atoms with van der Waals surface area (Å²) in [6.07, 6.45) is 0.278. The highest BCUT2D eigenvalue weighted by atomic mass is 32.1. The Morgan fingerprint density at radius 2 is 2.27 bits per heavy atom. The molecule has 0 saturated carbocycles. The zero-order valence-electron chi connectivity index (χ0n) is 8.86. The normalized spacial score (nSPS) is 16.5. The van der Waals surface area contributed by atoms with Gasteiger partial charge in [-0.15, -0.1) is 11.3 Å². The largest absolute Gasteiger partial charge is 0.481 e. The number of carboxylic acids is 1. The predicted molar refractivity (Wildman–Crippen MR) is 59.5 cm³/mol. The molecule has 1 saturated heterocycles. The van der Waals surface area contributed by atoms with Crippen molar-refractivity contribution in [1.29, 1.82) is 0 Å². The third-order valence-corrected chi connectivity index (χ3v) is 3.84. The van der Waals surface area contributed by atoms with Gasteiger partial charge >= 0.3 is 5.97 Å². The van der Waals surface area contributed by atoms with Crippen molar-refractivity contribution >= 4 is 22.4 Å². The van der Waals surface area contributed by atoms with Crippen LogP contribution in [0.25, 0.3) is 0 Å². The number of hydrogen-bond acceptors (Lipinski definition) is 4. The second-order valence-corrected chi connectivity index (χ2v) is 5.19. The molecular weight excluding hydrogens is 212 g/mol. The predicted octanol–water partition coefficient (Wildman–Crippen LogP) is 1.67. The van der Waals surface area contributed by atoms with E-state index in [1.807, 2.05) is 6.92 Å². The first-order valence-corrected chi connectivity index (χ1v) is 5.78. The summed E-state index contributed by atoms with van der Waals surface area (Å²) in [5, 5.41) is 9.66. The third kappa shape index (κ3) is 2.12. The van der Waals surface area contributed by atoms with E-state index < -0.39 is 5.97 Å². The topological polar surface area (TPSA) is 53.4 Å². The van der Waals surface area contributed by atoms with Crippen LogP contribution in [0.2, 0.25) is 0 Å². The summed E-state index contributed by atoms with van der Waals surface area (Å²) in [6, 6.07) is 0. The average molecular weight is 226 g/mol. The molecule has 0 atom stereocenters. The number of aryl methyl sites for hydroxylation is 2. The van der Waals surface area contributed by atoms with Gasteiger partial charge in [0.15, 0.2) is 5.13 Å². The van der Waals surface area contributed by atoms with Gasteiger partial charge in [-0.3, -0.25) is 4.79 Å². The lowest BCUT2D eigenvalue weighted by molar-refractivity contribution is -0.138. The number of anilines is 1. The fraction of sp³-hybridized carbons (Fsp3) is 0.600. The molecular formula is C10H14N2O2S. The molecule has 0 unspecified atom stereocenters. The van der Waals surface area contributed by atoms with Gasteiger partial charge in [0.05, 0.1) is 12.1 Å². The SMILES string of the molecule is Cc1nc(N2CC(CC(=O)O)C2)sc1C. The number of carbonyl (C=O) groups is 1. The quantitative estimate of drug-likeness (QED) is 0.851. The molecule has 82 valence electrons. The molecule has 1 N–H and O–H groups in total. The van der Waals surface area contributed by atoms with Crippen LogP contribution in [0.3, 0.4) is 0 Å². The first-order valence-electron chi connectivity index (χ1n) is 4.97. The van der Waals surface area contributed by atoms with Crippen molar-refractivity contribution in [3.05, 3.63) is 10.6 Å². The molecule has 0 spiro atoms. The maximum absolute atomic E-state index is 10.5. The Morgan fingerprint density at radius 1 is 1.60 bits per heavy atom. The first-order chi connectivity index (χ1) is 7.06. The summed E-state index contributed by atoms with van der Waals surface area (Å²) >= 11 is 1.69. The molecule has 1 aromatic heterocycles. The van der Waals surface area contributed by atoms with E-state index in [4.69, 9.17) is 5.11 Å². The van der Waals surface area contributed by atoms with Gasteiger partial charge in [0, 0.05) is 23.9 Å². The van der Waals surface area contributed by atoms with Crippen LogP contribution >= 0.6 is 11.3 Å². The van der Waals surface area contributed by atoms with Crippen LogP contribution in [0, 0.1) is 19.8 Å². The van der Waals surface area contributed by atoms with Gasteiger partial charge in [-0.25, -0.2) is 4.98 Å². The number of hydrogen-bond donors (Lipinski definition) is 1. The van der Waals surface area contributed by atoms with Crippen molar-refractivity contribution in [2.45, 2.75) is 20.3 Å². The summed E-state index contributed by atoms with van der Waals surface area (Å²) in [4.78, 5) is 18.3. The molecule has 0 bridgehead atoms. The zero-order valence-corrected chi connectivity index (χ0v) is 9.67. The van der Waals surface area contributed by atoms with E-state index in [1.54, 1.807) is 11.3 Å². The molecule has 15 heavy (non-hydrogen) atoms. The van der Waals surface area contributed by atoms with Crippen molar-refractivity contribution in [2.24, 2.45) is 5.92 Å². The van der Waals surface area contributed by atoms with Crippen LogP contribution < -0.4 is 4.90 Å². The molecule has 0 amide bonds. The molecule has 5 heteroatoms. The van der Waals surface area contributed by atoms with Gasteiger partial charge in [0.2, 0.25) is 0 Å². The monoisotopic (exact) mass is 226 g/mol. The van der Waals surface area contributed by atoms with Crippen LogP contribution in [0.4, 0.5) is 5.13 Å². The lowest BCUT2D eigenvalue weighted by Crippen LogP contribution is -2.47. The van der Waals surface area contributed by atoms with Crippen molar-refractivity contribution in [3.63, 3.8) is 0 Å². The first kappa shape index (κ1) is 10.4. The van der Waals surface area contributed by atoms with Gasteiger partial charge < -0.3 is 10.0 Å². The summed E-state index contributed by atoms with van der Waals surface area (Å²) in [5.41, 5.74) is 1.08. The summed E-state index contributed by atoms with van der Waals surface area (Å²) < 4.78 is 0. The van der Waals surface area contributed by atoms with Crippen molar-refractivity contribution < 1.29 is 9.90 Å². The lowest BCUT2D eigenvalue weighted by atomic mass is 9.97. The van der Waals surface area contributed by atoms with E-state index in [2.05, 4.69) is 16.8 Å². The second kappa shape index (κ2) is 3.81. The summed E-state index contributed by atoms with van der Waals surface area (Å²) in [6.45, 7) is 5.73. The molecule has 1 aliphatic heterocycles. The Kier molecular flexibility index (Phi) is 2.65. The van der Waals surface area contributed by atoms with Crippen LogP contribution in [0.1, 0.15) is 17.0 Å². The zero-order chi connectivity index (χ0) is 11.0. The Hall–Kier alpha value is -1.10. The maximum Gasteiger partial charge on any atom is 0.303 e. The minimum Gasteiger partial charge on any atom is -0.481 e. The molecule has 2 rings (SSSR count). The number of aromatic nitrogens is 1. The van der Waals surface area contributed by atoms with Gasteiger partial charge in [-0.1, -0.05) is 0 Å². The molecule has 1 fully saturated rings. The minimum absolute atomic E-state index is 0.278. The Bertz CT molecular complexity index is 363. The molecule has 2 heterocycles. The number of nitrogens with zero attached hydrogens (tertiary/aromatic N) is 2. The molecule has 0 radical (unpaired) electrons. The maximum atomic E-state index is 10.5. The third-order valence-electron chi connectivity index (χ3n) is 2.71. The smallest absolute Gasteiger partial charge is 0.303 e. The molecule has 1 aromatic rings. The number of thiazole rings is 1. The second-order valence-electron chi connectivity index (χ2n) is 4.01. The molecule has 0 aromatic carbocycles. The molecule has 1 aliphatic rings. The average Bonchev–Trinajstić information content (AvgIpc) is 2.38. The molecule has 4 nitrogen and oxygen atoms in total. The van der Waals surface area contributed by atoms with Gasteiger partial charge in [0.25, 0.3) is 0 Å². The number of aliphatic carboxylic acids is 1. The van der Waals surface area contributed by atoms with Crippen LogP contribution in [-0.2, 0) is 4.79 Å². The molecule has 0 aliphatic carbocycles. The number of rotatable bonds is 3. The van der Waals surface area contributed by atoms with E-state index in [0.717, 1.165) is 23.9 Å². The van der Waals surface area contributed by atoms with E-state index in [9.17, 15) is 4.79 Å². The summed E-state index contributed by atoms with van der Waals surface area (Å²) in [5.74, 6) is -0.404. The van der Waals surface area contributed by atoms with E-state index in [-0.39, 0.29) is 6.42 Å². The van der Waals surface area contributed by atoms with Gasteiger partial charge in [0.1, 0.15) is 0 Å². The number of carboxylic acid groups (broad SMARTS) is 1. The van der Waals surface area contributed by atoms with Crippen LogP contribution in [0.15, 0.2) is 0 Å². The highest BCUT2D eigenvalue weighted by molar-refractivity contribution is 7.15. The lowest BCUT2D eigenvalue weighted by Gasteiger charge is -2.38. The van der Waals surface area contributed by atoms with Crippen LogP contribution in [-0.4, -0.2) is 29.1 Å². The van der Waals surface area contributed by atoms with Crippen molar-refractivity contribution in [3.8, 4) is 0 Å². The van der Waals surface area contributed by atoms with Gasteiger partial charge in [-0.2, -0.15) is 0 Å². The summed E-state index contributed by atoms with van der Waals surface area (Å²) in [7, 11) is 0. The standard InChI is InChI=1S/C10H14N2O2S/c1-6-7(2)15-10(11-6)12-4-8(5-12)3-9(13)14/h8H,3-5H2,1-2H3,(H,13,14). The highest BCUT2D eigenvalue weighted by Crippen LogP contribution is 2.31. The van der Waals surface area contributed by atoms with E-state index in [0.29, 0.717) is 5.92 Å². The Balaban J connectivity index is 1.91. The van der Waals surface area contributed by atoms with Crippen LogP contribution in [0.5, 0.6) is 0 Å². The Morgan fingerprint density at radius 3 is 2.73 bits per heavy atom. The minimum atomic E-state index is -0.703. The fourth-order valence-electron chi connectivity index (χ4n) is 1.69. The van der Waals surface area contributed by atoms with Crippen molar-refractivity contribution in [2.75, 3.05) is 18.0 Å². The fourth-order valence-corrected chi connectivity index (χ4v) is 2.62. The van der Waals surface area contributed by atoms with Gasteiger partial charge in [-0.05, 0) is 13.8 Å². The van der Waals surface area contributed by atoms with E-state index >= 15 is 0 Å². The van der Waals surface area contributed by atoms with E-state index in [1.165, 1.54) is 4.88 Å².